The molecule has 1 unspecified atom stereocenters. The van der Waals surface area contributed by atoms with Gasteiger partial charge < -0.3 is 5.73 Å². The number of hydrogen-bond acceptors (Lipinski definition) is 3. The van der Waals surface area contributed by atoms with Gasteiger partial charge in [0.25, 0.3) is 0 Å². The number of hydrogen-bond donors (Lipinski definition) is 1. The Labute approximate surface area is 72.9 Å². The van der Waals surface area contributed by atoms with Crippen molar-refractivity contribution in [3.63, 3.8) is 0 Å². The highest BCUT2D eigenvalue weighted by Crippen LogP contribution is 2.09. The van der Waals surface area contributed by atoms with Crippen LogP contribution in [0.4, 0.5) is 0 Å². The lowest BCUT2D eigenvalue weighted by Crippen LogP contribution is -2.15. The molecule has 1 atom stereocenters. The zero-order valence-electron chi connectivity index (χ0n) is 7.30. The van der Waals surface area contributed by atoms with E-state index < -0.39 is 0 Å². The van der Waals surface area contributed by atoms with Crippen LogP contribution in [-0.4, -0.2) is 16.9 Å². The molecule has 0 aromatic carbocycles. The van der Waals surface area contributed by atoms with Crippen LogP contribution in [0.15, 0.2) is 0 Å². The van der Waals surface area contributed by atoms with Crippen LogP contribution in [0.1, 0.15) is 33.1 Å². The molecule has 0 spiro atoms. The van der Waals surface area contributed by atoms with E-state index in [2.05, 4.69) is 6.92 Å². The molecule has 0 aliphatic carbocycles. The van der Waals surface area contributed by atoms with Gasteiger partial charge in [-0.1, -0.05) is 18.7 Å². The van der Waals surface area contributed by atoms with Gasteiger partial charge >= 0.3 is 0 Å². The zero-order chi connectivity index (χ0) is 8.69. The topological polar surface area (TPSA) is 43.1 Å². The minimum absolute atomic E-state index is 0.154. The van der Waals surface area contributed by atoms with Gasteiger partial charge in [-0.15, -0.1) is 0 Å². The highest BCUT2D eigenvalue weighted by molar-refractivity contribution is 8.13. The summed E-state index contributed by atoms with van der Waals surface area (Å²) < 4.78 is 0. The van der Waals surface area contributed by atoms with Crippen LogP contribution in [0, 0.1) is 0 Å². The van der Waals surface area contributed by atoms with Crippen LogP contribution in [0.5, 0.6) is 0 Å². The lowest BCUT2D eigenvalue weighted by molar-refractivity contribution is -0.111. The van der Waals surface area contributed by atoms with E-state index in [-0.39, 0.29) is 11.2 Å². The summed E-state index contributed by atoms with van der Waals surface area (Å²) >= 11 is 1.42. The van der Waals surface area contributed by atoms with Crippen LogP contribution >= 0.6 is 11.8 Å². The fourth-order valence-electron chi connectivity index (χ4n) is 0.634. The summed E-state index contributed by atoms with van der Waals surface area (Å²) in [4.78, 5) is 11.0. The van der Waals surface area contributed by atoms with Crippen molar-refractivity contribution in [2.75, 3.05) is 5.75 Å². The molecule has 0 heterocycles. The van der Waals surface area contributed by atoms with E-state index in [9.17, 15) is 4.79 Å². The third kappa shape index (κ3) is 7.88. The molecule has 3 heteroatoms. The normalized spacial score (nSPS) is 13.0. The van der Waals surface area contributed by atoms with E-state index in [0.29, 0.717) is 6.42 Å². The Bertz CT molecular complexity index is 115. The van der Waals surface area contributed by atoms with Gasteiger partial charge in [0.1, 0.15) is 0 Å². The molecule has 0 aliphatic heterocycles. The quantitative estimate of drug-likeness (QED) is 0.692. The molecule has 0 aliphatic rings. The third-order valence-corrected chi connectivity index (χ3v) is 2.41. The fraction of sp³-hybridized carbons (Fsp3) is 0.875. The first kappa shape index (κ1) is 11.0. The van der Waals surface area contributed by atoms with Gasteiger partial charge in [-0.25, -0.2) is 0 Å². The molecule has 0 saturated carbocycles. The Morgan fingerprint density at radius 2 is 2.27 bits per heavy atom. The Morgan fingerprint density at radius 1 is 1.64 bits per heavy atom. The van der Waals surface area contributed by atoms with Gasteiger partial charge in [0.05, 0.1) is 0 Å². The largest absolute Gasteiger partial charge is 0.328 e. The first-order valence-electron chi connectivity index (χ1n) is 4.08. The summed E-state index contributed by atoms with van der Waals surface area (Å²) in [6.45, 7) is 4.00. The average molecular weight is 175 g/mol. The Kier molecular flexibility index (Phi) is 6.66. The van der Waals surface area contributed by atoms with Gasteiger partial charge in [-0.05, 0) is 19.8 Å². The predicted octanol–water partition coefficient (Wildman–Crippen LogP) is 1.78. The van der Waals surface area contributed by atoms with Gasteiger partial charge in [0, 0.05) is 18.2 Å². The van der Waals surface area contributed by atoms with Crippen LogP contribution in [0.25, 0.3) is 0 Å². The molecule has 11 heavy (non-hydrogen) atoms. The maximum atomic E-state index is 11.0. The molecular weight excluding hydrogens is 158 g/mol. The van der Waals surface area contributed by atoms with Gasteiger partial charge in [0.2, 0.25) is 0 Å². The van der Waals surface area contributed by atoms with Crippen molar-refractivity contribution >= 4 is 16.9 Å². The van der Waals surface area contributed by atoms with Crippen molar-refractivity contribution < 1.29 is 4.79 Å². The van der Waals surface area contributed by atoms with E-state index in [1.54, 1.807) is 0 Å². The minimum Gasteiger partial charge on any atom is -0.328 e. The highest BCUT2D eigenvalue weighted by Gasteiger charge is 2.02. The van der Waals surface area contributed by atoms with Crippen molar-refractivity contribution in [2.24, 2.45) is 5.73 Å². The number of thioether (sulfide) groups is 1. The standard InChI is InChI=1S/C8H17NOS/c1-3-6-11-8(10)5-4-7(2)9/h7H,3-6,9H2,1-2H3. The first-order chi connectivity index (χ1) is 5.16. The molecule has 0 aromatic heterocycles. The summed E-state index contributed by atoms with van der Waals surface area (Å²) in [5, 5.41) is 0.282. The Hall–Kier alpha value is -0.0200. The van der Waals surface area contributed by atoms with Crippen molar-refractivity contribution in [1.29, 1.82) is 0 Å². The predicted molar refractivity (Wildman–Crippen MR) is 50.6 cm³/mol. The number of carbonyl (C=O) groups is 1. The average Bonchev–Trinajstić information content (AvgIpc) is 1.97. The molecule has 0 rings (SSSR count). The molecule has 2 nitrogen and oxygen atoms in total. The maximum absolute atomic E-state index is 11.0. The molecule has 0 saturated heterocycles. The van der Waals surface area contributed by atoms with E-state index in [1.807, 2.05) is 6.92 Å². The van der Waals surface area contributed by atoms with Gasteiger partial charge in [-0.2, -0.15) is 0 Å². The van der Waals surface area contributed by atoms with Crippen LogP contribution in [0.2, 0.25) is 0 Å². The van der Waals surface area contributed by atoms with Crippen molar-refractivity contribution in [2.45, 2.75) is 39.2 Å². The van der Waals surface area contributed by atoms with Gasteiger partial charge in [0.15, 0.2) is 5.12 Å². The van der Waals surface area contributed by atoms with Crippen LogP contribution < -0.4 is 5.73 Å². The number of carbonyl (C=O) groups excluding carboxylic acids is 1. The summed E-state index contributed by atoms with van der Waals surface area (Å²) in [6.07, 6.45) is 2.51. The molecule has 0 radical (unpaired) electrons. The molecular formula is C8H17NOS. The minimum atomic E-state index is 0.154. The highest BCUT2D eigenvalue weighted by atomic mass is 32.2. The SMILES string of the molecule is CCCSC(=O)CCC(C)N. The van der Waals surface area contributed by atoms with E-state index in [0.717, 1.165) is 18.6 Å². The summed E-state index contributed by atoms with van der Waals surface area (Å²) in [7, 11) is 0. The molecule has 0 fully saturated rings. The monoisotopic (exact) mass is 175 g/mol. The molecule has 0 amide bonds. The number of rotatable bonds is 5. The summed E-state index contributed by atoms with van der Waals surface area (Å²) in [6, 6.07) is 0.154. The third-order valence-electron chi connectivity index (χ3n) is 1.27. The van der Waals surface area contributed by atoms with E-state index >= 15 is 0 Å². The first-order valence-corrected chi connectivity index (χ1v) is 5.06. The fourth-order valence-corrected chi connectivity index (χ4v) is 1.33. The van der Waals surface area contributed by atoms with Crippen molar-refractivity contribution in [3.8, 4) is 0 Å². The van der Waals surface area contributed by atoms with Crippen molar-refractivity contribution in [1.82, 2.24) is 0 Å². The lowest BCUT2D eigenvalue weighted by Gasteiger charge is -2.02. The molecule has 0 aromatic rings. The second-order valence-electron chi connectivity index (χ2n) is 2.74. The maximum Gasteiger partial charge on any atom is 0.189 e. The second kappa shape index (κ2) is 6.68. The smallest absolute Gasteiger partial charge is 0.189 e. The molecule has 66 valence electrons. The van der Waals surface area contributed by atoms with Crippen LogP contribution in [0.3, 0.4) is 0 Å². The van der Waals surface area contributed by atoms with E-state index in [1.165, 1.54) is 11.8 Å². The Morgan fingerprint density at radius 3 is 2.73 bits per heavy atom. The zero-order valence-corrected chi connectivity index (χ0v) is 8.12. The molecule has 2 N–H and O–H groups in total. The van der Waals surface area contributed by atoms with Crippen molar-refractivity contribution in [3.05, 3.63) is 0 Å². The summed E-state index contributed by atoms with van der Waals surface area (Å²) in [5.74, 6) is 0.942. The second-order valence-corrected chi connectivity index (χ2v) is 3.89. The Balaban J connectivity index is 3.23. The lowest BCUT2D eigenvalue weighted by atomic mass is 10.2. The number of nitrogens with two attached hydrogens (primary N) is 1. The van der Waals surface area contributed by atoms with Gasteiger partial charge in [-0.3, -0.25) is 4.79 Å². The van der Waals surface area contributed by atoms with E-state index in [4.69, 9.17) is 5.73 Å². The molecule has 0 bridgehead atoms. The summed E-state index contributed by atoms with van der Waals surface area (Å²) in [5.41, 5.74) is 5.51. The van der Waals surface area contributed by atoms with Crippen LogP contribution in [-0.2, 0) is 4.79 Å².